The zero-order valence-electron chi connectivity index (χ0n) is 12.5. The Bertz CT molecular complexity index is 594. The van der Waals surface area contributed by atoms with Crippen LogP contribution in [0.3, 0.4) is 0 Å². The topological polar surface area (TPSA) is 30.5 Å². The molecule has 1 N–H and O–H groups in total. The molecular weight excluding hydrogens is 250 g/mol. The van der Waals surface area contributed by atoms with Crippen LogP contribution in [0.2, 0.25) is 0 Å². The number of benzene rings is 2. The highest BCUT2D eigenvalue weighted by Crippen LogP contribution is 2.26. The summed E-state index contributed by atoms with van der Waals surface area (Å²) in [5.74, 6) is 1.79. The molecule has 106 valence electrons. The Hall–Kier alpha value is -2.16. The van der Waals surface area contributed by atoms with Gasteiger partial charge < -0.3 is 14.8 Å². The van der Waals surface area contributed by atoms with Gasteiger partial charge in [0, 0.05) is 6.54 Å². The second-order valence-electron chi connectivity index (χ2n) is 4.86. The molecule has 2 aromatic rings. The number of anilines is 1. The van der Waals surface area contributed by atoms with Crippen LogP contribution in [0.25, 0.3) is 0 Å². The van der Waals surface area contributed by atoms with Crippen LogP contribution in [0.15, 0.2) is 36.4 Å². The van der Waals surface area contributed by atoms with Crippen LogP contribution in [-0.4, -0.2) is 14.2 Å². The van der Waals surface area contributed by atoms with Gasteiger partial charge in [-0.2, -0.15) is 0 Å². The van der Waals surface area contributed by atoms with Gasteiger partial charge >= 0.3 is 0 Å². The zero-order valence-corrected chi connectivity index (χ0v) is 12.5. The Labute approximate surface area is 120 Å². The number of rotatable bonds is 5. The van der Waals surface area contributed by atoms with Crippen LogP contribution in [0, 0.1) is 13.8 Å². The van der Waals surface area contributed by atoms with E-state index in [9.17, 15) is 0 Å². The van der Waals surface area contributed by atoms with Crippen molar-refractivity contribution < 1.29 is 9.47 Å². The monoisotopic (exact) mass is 271 g/mol. The van der Waals surface area contributed by atoms with Gasteiger partial charge in [0.05, 0.1) is 19.9 Å². The van der Waals surface area contributed by atoms with E-state index in [0.717, 1.165) is 29.3 Å². The number of methoxy groups -OCH3 is 2. The number of hydrogen-bond donors (Lipinski definition) is 1. The summed E-state index contributed by atoms with van der Waals surface area (Å²) in [6.07, 6.45) is 0. The SMILES string of the molecule is COc1ccc(CNc2ccc(C)cc2OC)cc1C. The highest BCUT2D eigenvalue weighted by Gasteiger charge is 2.04. The van der Waals surface area contributed by atoms with Crippen LogP contribution < -0.4 is 14.8 Å². The van der Waals surface area contributed by atoms with Crippen LogP contribution in [-0.2, 0) is 6.54 Å². The summed E-state index contributed by atoms with van der Waals surface area (Å²) in [6.45, 7) is 4.86. The van der Waals surface area contributed by atoms with Crippen molar-refractivity contribution in [3.05, 3.63) is 53.1 Å². The molecule has 0 heterocycles. The maximum atomic E-state index is 5.39. The fraction of sp³-hybridized carbons (Fsp3) is 0.294. The number of aryl methyl sites for hydroxylation is 2. The van der Waals surface area contributed by atoms with Crippen molar-refractivity contribution in [1.29, 1.82) is 0 Å². The average Bonchev–Trinajstić information content (AvgIpc) is 2.46. The molecule has 0 bridgehead atoms. The van der Waals surface area contributed by atoms with Gasteiger partial charge in [0.1, 0.15) is 11.5 Å². The first kappa shape index (κ1) is 14.3. The van der Waals surface area contributed by atoms with Gasteiger partial charge in [-0.15, -0.1) is 0 Å². The Morgan fingerprint density at radius 2 is 1.65 bits per heavy atom. The van der Waals surface area contributed by atoms with Crippen LogP contribution >= 0.6 is 0 Å². The highest BCUT2D eigenvalue weighted by molar-refractivity contribution is 5.58. The van der Waals surface area contributed by atoms with E-state index in [0.29, 0.717) is 0 Å². The van der Waals surface area contributed by atoms with E-state index < -0.39 is 0 Å². The fourth-order valence-corrected chi connectivity index (χ4v) is 2.19. The molecule has 2 rings (SSSR count). The van der Waals surface area contributed by atoms with Crippen LogP contribution in [0.5, 0.6) is 11.5 Å². The van der Waals surface area contributed by atoms with Gasteiger partial charge in [-0.05, 0) is 48.7 Å². The largest absolute Gasteiger partial charge is 0.496 e. The van der Waals surface area contributed by atoms with Gasteiger partial charge in [-0.1, -0.05) is 18.2 Å². The summed E-state index contributed by atoms with van der Waals surface area (Å²) >= 11 is 0. The van der Waals surface area contributed by atoms with E-state index in [1.54, 1.807) is 14.2 Å². The first-order valence-electron chi connectivity index (χ1n) is 6.66. The van der Waals surface area contributed by atoms with Gasteiger partial charge in [-0.25, -0.2) is 0 Å². The fourth-order valence-electron chi connectivity index (χ4n) is 2.19. The smallest absolute Gasteiger partial charge is 0.142 e. The van der Waals surface area contributed by atoms with Crippen molar-refractivity contribution in [2.45, 2.75) is 20.4 Å². The summed E-state index contributed by atoms with van der Waals surface area (Å²) in [5, 5.41) is 3.41. The van der Waals surface area contributed by atoms with E-state index in [4.69, 9.17) is 9.47 Å². The molecule has 20 heavy (non-hydrogen) atoms. The summed E-state index contributed by atoms with van der Waals surface area (Å²) in [5.41, 5.74) is 4.55. The van der Waals surface area contributed by atoms with Gasteiger partial charge in [-0.3, -0.25) is 0 Å². The van der Waals surface area contributed by atoms with E-state index in [1.807, 2.05) is 18.2 Å². The minimum atomic E-state index is 0.754. The average molecular weight is 271 g/mol. The molecule has 0 atom stereocenters. The Kier molecular flexibility index (Phi) is 4.51. The van der Waals surface area contributed by atoms with Gasteiger partial charge in [0.15, 0.2) is 0 Å². The lowest BCUT2D eigenvalue weighted by molar-refractivity contribution is 0.411. The second kappa shape index (κ2) is 6.33. The van der Waals surface area contributed by atoms with Crippen LogP contribution in [0.1, 0.15) is 16.7 Å². The Balaban J connectivity index is 2.10. The van der Waals surface area contributed by atoms with Gasteiger partial charge in [0.25, 0.3) is 0 Å². The number of hydrogen-bond acceptors (Lipinski definition) is 3. The number of nitrogens with one attached hydrogen (secondary N) is 1. The zero-order chi connectivity index (χ0) is 14.5. The lowest BCUT2D eigenvalue weighted by atomic mass is 10.1. The summed E-state index contributed by atoms with van der Waals surface area (Å²) < 4.78 is 10.7. The van der Waals surface area contributed by atoms with Crippen molar-refractivity contribution in [2.75, 3.05) is 19.5 Å². The molecule has 0 aliphatic heterocycles. The summed E-state index contributed by atoms with van der Waals surface area (Å²) in [7, 11) is 3.38. The molecule has 0 fully saturated rings. The van der Waals surface area contributed by atoms with E-state index in [1.165, 1.54) is 11.1 Å². The molecule has 0 amide bonds. The lowest BCUT2D eigenvalue weighted by Crippen LogP contribution is -2.02. The van der Waals surface area contributed by atoms with Crippen LogP contribution in [0.4, 0.5) is 5.69 Å². The first-order chi connectivity index (χ1) is 9.63. The molecule has 0 saturated carbocycles. The standard InChI is InChI=1S/C17H21NO2/c1-12-5-7-15(17(9-12)20-4)18-11-14-6-8-16(19-3)13(2)10-14/h5-10,18H,11H2,1-4H3. The van der Waals surface area contributed by atoms with Crippen molar-refractivity contribution in [2.24, 2.45) is 0 Å². The molecule has 3 heteroatoms. The molecule has 3 nitrogen and oxygen atoms in total. The molecule has 0 radical (unpaired) electrons. The first-order valence-corrected chi connectivity index (χ1v) is 6.66. The highest BCUT2D eigenvalue weighted by atomic mass is 16.5. The predicted molar refractivity (Wildman–Crippen MR) is 82.8 cm³/mol. The minimum Gasteiger partial charge on any atom is -0.496 e. The molecule has 0 spiro atoms. The lowest BCUT2D eigenvalue weighted by Gasteiger charge is -2.13. The quantitative estimate of drug-likeness (QED) is 0.893. The molecular formula is C17H21NO2. The maximum absolute atomic E-state index is 5.39. The molecule has 0 aromatic heterocycles. The van der Waals surface area contributed by atoms with E-state index in [2.05, 4.69) is 37.4 Å². The third-order valence-electron chi connectivity index (χ3n) is 3.30. The van der Waals surface area contributed by atoms with Crippen molar-refractivity contribution in [3.8, 4) is 11.5 Å². The van der Waals surface area contributed by atoms with E-state index in [-0.39, 0.29) is 0 Å². The second-order valence-corrected chi connectivity index (χ2v) is 4.86. The number of ether oxygens (including phenoxy) is 2. The molecule has 0 aliphatic rings. The molecule has 2 aromatic carbocycles. The van der Waals surface area contributed by atoms with Crippen molar-refractivity contribution in [3.63, 3.8) is 0 Å². The summed E-state index contributed by atoms with van der Waals surface area (Å²) in [6, 6.07) is 12.3. The molecule has 0 unspecified atom stereocenters. The third kappa shape index (κ3) is 3.23. The predicted octanol–water partition coefficient (Wildman–Crippen LogP) is 3.93. The molecule has 0 saturated heterocycles. The van der Waals surface area contributed by atoms with Gasteiger partial charge in [0.2, 0.25) is 0 Å². The summed E-state index contributed by atoms with van der Waals surface area (Å²) in [4.78, 5) is 0. The molecule has 0 aliphatic carbocycles. The van der Waals surface area contributed by atoms with E-state index >= 15 is 0 Å². The van der Waals surface area contributed by atoms with Crippen molar-refractivity contribution >= 4 is 5.69 Å². The Morgan fingerprint density at radius 1 is 0.900 bits per heavy atom. The van der Waals surface area contributed by atoms with Crippen molar-refractivity contribution in [1.82, 2.24) is 0 Å². The minimum absolute atomic E-state index is 0.754. The Morgan fingerprint density at radius 3 is 2.30 bits per heavy atom. The normalized spacial score (nSPS) is 10.2. The third-order valence-corrected chi connectivity index (χ3v) is 3.30. The maximum Gasteiger partial charge on any atom is 0.142 e.